The molecule has 3 rings (SSSR count). The molecule has 0 spiro atoms. The lowest BCUT2D eigenvalue weighted by atomic mass is 9.97. The number of aromatic amines is 1. The molecule has 0 bridgehead atoms. The number of rotatable bonds is 3. The first-order valence-electron chi connectivity index (χ1n) is 7.49. The molecule has 128 valence electrons. The summed E-state index contributed by atoms with van der Waals surface area (Å²) in [5.41, 5.74) is 0.423. The lowest BCUT2D eigenvalue weighted by molar-refractivity contribution is 0.0697. The van der Waals surface area contributed by atoms with E-state index >= 15 is 0 Å². The van der Waals surface area contributed by atoms with E-state index in [1.165, 1.54) is 24.3 Å². The van der Waals surface area contributed by atoms with Crippen LogP contribution in [0.5, 0.6) is 0 Å². The van der Waals surface area contributed by atoms with Gasteiger partial charge in [0.05, 0.1) is 10.8 Å². The Hall–Kier alpha value is -2.42. The number of carbonyl (C=O) groups excluding carboxylic acids is 1. The van der Waals surface area contributed by atoms with Crippen LogP contribution in [-0.4, -0.2) is 48.8 Å². The molecule has 2 aromatic rings. The second kappa shape index (κ2) is 6.23. The molecule has 2 heterocycles. The molecule has 1 aliphatic heterocycles. The van der Waals surface area contributed by atoms with E-state index in [1.54, 1.807) is 4.90 Å². The Kier molecular flexibility index (Phi) is 4.27. The summed E-state index contributed by atoms with van der Waals surface area (Å²) < 4.78 is 27.9. The standard InChI is InChI=1S/C15H17N3O5S/c1-24(21,22)12-6-4-10(5-7-12)14(19)18-8-2-3-11(9-18)13-16-17-15(20)23-13/h4-7,11H,2-3,8-9H2,1H3,(H,17,20). The summed E-state index contributed by atoms with van der Waals surface area (Å²) in [6.07, 6.45) is 2.68. The van der Waals surface area contributed by atoms with Crippen LogP contribution in [0.2, 0.25) is 0 Å². The molecule has 1 unspecified atom stereocenters. The summed E-state index contributed by atoms with van der Waals surface area (Å²) in [4.78, 5) is 25.5. The summed E-state index contributed by atoms with van der Waals surface area (Å²) >= 11 is 0. The zero-order valence-corrected chi connectivity index (χ0v) is 13.9. The van der Waals surface area contributed by atoms with Crippen molar-refractivity contribution in [1.29, 1.82) is 0 Å². The number of nitrogens with zero attached hydrogens (tertiary/aromatic N) is 2. The van der Waals surface area contributed by atoms with E-state index in [0.717, 1.165) is 19.1 Å². The van der Waals surface area contributed by atoms with Gasteiger partial charge in [-0.2, -0.15) is 0 Å². The summed E-state index contributed by atoms with van der Waals surface area (Å²) in [5, 5.41) is 6.07. The van der Waals surface area contributed by atoms with Crippen LogP contribution in [-0.2, 0) is 9.84 Å². The topological polar surface area (TPSA) is 113 Å². The quantitative estimate of drug-likeness (QED) is 0.874. The van der Waals surface area contributed by atoms with Crippen LogP contribution in [0.3, 0.4) is 0 Å². The van der Waals surface area contributed by atoms with E-state index in [-0.39, 0.29) is 16.7 Å². The average Bonchev–Trinajstić information content (AvgIpc) is 3.00. The molecule has 1 amide bonds. The zero-order chi connectivity index (χ0) is 17.3. The molecule has 1 aromatic heterocycles. The number of nitrogens with one attached hydrogen (secondary N) is 1. The number of aromatic nitrogens is 2. The van der Waals surface area contributed by atoms with Gasteiger partial charge in [0.1, 0.15) is 0 Å². The van der Waals surface area contributed by atoms with E-state index in [0.29, 0.717) is 24.5 Å². The first-order valence-corrected chi connectivity index (χ1v) is 9.38. The number of carbonyl (C=O) groups is 1. The smallest absolute Gasteiger partial charge is 0.392 e. The molecule has 8 nitrogen and oxygen atoms in total. The van der Waals surface area contributed by atoms with E-state index in [4.69, 9.17) is 4.42 Å². The number of hydrogen-bond acceptors (Lipinski definition) is 6. The fourth-order valence-corrected chi connectivity index (χ4v) is 3.44. The van der Waals surface area contributed by atoms with Gasteiger partial charge in [0.2, 0.25) is 5.89 Å². The van der Waals surface area contributed by atoms with Crippen molar-refractivity contribution in [3.8, 4) is 0 Å². The van der Waals surface area contributed by atoms with Crippen LogP contribution in [0, 0.1) is 0 Å². The molecule has 1 saturated heterocycles. The number of likely N-dealkylation sites (tertiary alicyclic amines) is 1. The minimum Gasteiger partial charge on any atom is -0.392 e. The number of amides is 1. The predicted octanol–water partition coefficient (Wildman–Crippen LogP) is 0.786. The van der Waals surface area contributed by atoms with Gasteiger partial charge in [0.15, 0.2) is 9.84 Å². The highest BCUT2D eigenvalue weighted by atomic mass is 32.2. The van der Waals surface area contributed by atoms with Crippen LogP contribution in [0.1, 0.15) is 35.0 Å². The Labute approximate surface area is 138 Å². The van der Waals surface area contributed by atoms with Crippen molar-refractivity contribution < 1.29 is 17.6 Å². The zero-order valence-electron chi connectivity index (χ0n) is 13.1. The molecule has 1 atom stereocenters. The van der Waals surface area contributed by atoms with E-state index in [1.807, 2.05) is 0 Å². The Morgan fingerprint density at radius 3 is 2.62 bits per heavy atom. The normalized spacial score (nSPS) is 18.5. The van der Waals surface area contributed by atoms with Gasteiger partial charge in [-0.3, -0.25) is 4.79 Å². The molecule has 9 heteroatoms. The number of hydrogen-bond donors (Lipinski definition) is 1. The van der Waals surface area contributed by atoms with Crippen molar-refractivity contribution in [1.82, 2.24) is 15.1 Å². The highest BCUT2D eigenvalue weighted by Gasteiger charge is 2.28. The highest BCUT2D eigenvalue weighted by Crippen LogP contribution is 2.26. The maximum atomic E-state index is 12.6. The van der Waals surface area contributed by atoms with E-state index < -0.39 is 15.6 Å². The van der Waals surface area contributed by atoms with Gasteiger partial charge in [0, 0.05) is 24.9 Å². The number of H-pyrrole nitrogens is 1. The average molecular weight is 351 g/mol. The summed E-state index contributed by atoms with van der Waals surface area (Å²) in [6, 6.07) is 5.88. The van der Waals surface area contributed by atoms with Crippen LogP contribution >= 0.6 is 0 Å². The van der Waals surface area contributed by atoms with Crippen molar-refractivity contribution in [2.75, 3.05) is 19.3 Å². The second-order valence-electron chi connectivity index (χ2n) is 5.84. The number of sulfone groups is 1. The molecule has 0 aliphatic carbocycles. The third kappa shape index (κ3) is 3.40. The fourth-order valence-electron chi connectivity index (χ4n) is 2.81. The van der Waals surface area contributed by atoms with E-state index in [9.17, 15) is 18.0 Å². The fraction of sp³-hybridized carbons (Fsp3) is 0.400. The molecular formula is C15H17N3O5S. The molecule has 1 N–H and O–H groups in total. The van der Waals surface area contributed by atoms with Gasteiger partial charge in [-0.1, -0.05) is 0 Å². The Morgan fingerprint density at radius 1 is 1.33 bits per heavy atom. The Balaban J connectivity index is 1.76. The lowest BCUT2D eigenvalue weighted by Crippen LogP contribution is -2.39. The van der Waals surface area contributed by atoms with E-state index in [2.05, 4.69) is 10.2 Å². The van der Waals surface area contributed by atoms with Crippen LogP contribution < -0.4 is 5.76 Å². The molecule has 1 aliphatic rings. The summed E-state index contributed by atoms with van der Waals surface area (Å²) in [6.45, 7) is 0.998. The third-order valence-electron chi connectivity index (χ3n) is 4.04. The number of piperidine rings is 1. The van der Waals surface area contributed by atoms with Crippen molar-refractivity contribution in [2.24, 2.45) is 0 Å². The first kappa shape index (κ1) is 16.4. The largest absolute Gasteiger partial charge is 0.434 e. The van der Waals surface area contributed by atoms with Gasteiger partial charge in [-0.25, -0.2) is 18.3 Å². The Bertz CT molecular complexity index is 898. The lowest BCUT2D eigenvalue weighted by Gasteiger charge is -2.31. The van der Waals surface area contributed by atoms with Crippen molar-refractivity contribution in [3.63, 3.8) is 0 Å². The molecule has 1 aromatic carbocycles. The number of benzene rings is 1. The predicted molar refractivity (Wildman–Crippen MR) is 84.6 cm³/mol. The van der Waals surface area contributed by atoms with Gasteiger partial charge < -0.3 is 9.32 Å². The van der Waals surface area contributed by atoms with Crippen LogP contribution in [0.25, 0.3) is 0 Å². The van der Waals surface area contributed by atoms with Crippen molar-refractivity contribution >= 4 is 15.7 Å². The Morgan fingerprint density at radius 2 is 2.04 bits per heavy atom. The van der Waals surface area contributed by atoms with Crippen LogP contribution in [0.4, 0.5) is 0 Å². The third-order valence-corrected chi connectivity index (χ3v) is 5.17. The van der Waals surface area contributed by atoms with Gasteiger partial charge in [-0.05, 0) is 37.1 Å². The van der Waals surface area contributed by atoms with Crippen LogP contribution in [0.15, 0.2) is 38.4 Å². The maximum Gasteiger partial charge on any atom is 0.434 e. The minimum atomic E-state index is -3.29. The van der Waals surface area contributed by atoms with Crippen molar-refractivity contribution in [2.45, 2.75) is 23.7 Å². The molecule has 1 fully saturated rings. The summed E-state index contributed by atoms with van der Waals surface area (Å²) in [7, 11) is -3.29. The second-order valence-corrected chi connectivity index (χ2v) is 7.85. The molecule has 0 radical (unpaired) electrons. The summed E-state index contributed by atoms with van der Waals surface area (Å²) in [5.74, 6) is -0.607. The first-order chi connectivity index (χ1) is 11.3. The van der Waals surface area contributed by atoms with Gasteiger partial charge in [0.25, 0.3) is 5.91 Å². The minimum absolute atomic E-state index is 0.128. The van der Waals surface area contributed by atoms with Gasteiger partial charge >= 0.3 is 5.76 Å². The molecule has 0 saturated carbocycles. The highest BCUT2D eigenvalue weighted by molar-refractivity contribution is 7.90. The van der Waals surface area contributed by atoms with Gasteiger partial charge in [-0.15, -0.1) is 5.10 Å². The maximum absolute atomic E-state index is 12.6. The SMILES string of the molecule is CS(=O)(=O)c1ccc(C(=O)N2CCCC(c3n[nH]c(=O)o3)C2)cc1. The molecular weight excluding hydrogens is 334 g/mol. The molecule has 24 heavy (non-hydrogen) atoms. The monoisotopic (exact) mass is 351 g/mol. The van der Waals surface area contributed by atoms with Crippen molar-refractivity contribution in [3.05, 3.63) is 46.3 Å².